The summed E-state index contributed by atoms with van der Waals surface area (Å²) >= 11 is 0. The number of pyridine rings is 1. The number of fused-ring (bicyclic) bond motifs is 1. The highest BCUT2D eigenvalue weighted by Gasteiger charge is 2.19. The lowest BCUT2D eigenvalue weighted by Crippen LogP contribution is -2.29. The molecule has 0 radical (unpaired) electrons. The van der Waals surface area contributed by atoms with Gasteiger partial charge < -0.3 is 19.4 Å². The quantitative estimate of drug-likeness (QED) is 0.793. The first-order chi connectivity index (χ1) is 12.8. The molecule has 2 heterocycles. The van der Waals surface area contributed by atoms with Gasteiger partial charge >= 0.3 is 0 Å². The third-order valence-electron chi connectivity index (χ3n) is 3.87. The molecule has 0 aliphatic carbocycles. The highest BCUT2D eigenvalue weighted by Crippen LogP contribution is 2.32. The van der Waals surface area contributed by atoms with Crippen LogP contribution in [0.5, 0.6) is 11.5 Å². The zero-order valence-electron chi connectivity index (χ0n) is 14.8. The lowest BCUT2D eigenvalue weighted by atomic mass is 10.2. The van der Waals surface area contributed by atoms with Crippen molar-refractivity contribution in [2.45, 2.75) is 11.4 Å². The molecule has 1 aliphatic rings. The summed E-state index contributed by atoms with van der Waals surface area (Å²) in [6, 6.07) is 7.30. The second-order valence-electron chi connectivity index (χ2n) is 6.02. The van der Waals surface area contributed by atoms with Crippen LogP contribution in [0.1, 0.15) is 0 Å². The maximum atomic E-state index is 12.3. The molecule has 0 bridgehead atoms. The Bertz CT molecular complexity index is 1030. The van der Waals surface area contributed by atoms with Gasteiger partial charge in [0.2, 0.25) is 15.9 Å². The summed E-state index contributed by atoms with van der Waals surface area (Å²) in [5.41, 5.74) is -0.000558. The number of carbonyl (C=O) groups excluding carboxylic acids is 1. The van der Waals surface area contributed by atoms with Gasteiger partial charge in [-0.2, -0.15) is 0 Å². The van der Waals surface area contributed by atoms with E-state index < -0.39 is 21.5 Å². The largest absolute Gasteiger partial charge is 0.486 e. The van der Waals surface area contributed by atoms with Gasteiger partial charge in [0.1, 0.15) is 19.8 Å². The van der Waals surface area contributed by atoms with Crippen molar-refractivity contribution in [3.8, 4) is 11.5 Å². The number of amides is 1. The SMILES string of the molecule is CN(C)S(=O)(=O)c1ccc(=O)n(CC(=O)Nc2ccc3c(c2)OCCO3)c1. The van der Waals surface area contributed by atoms with E-state index in [4.69, 9.17) is 9.47 Å². The molecule has 0 atom stereocenters. The molecule has 9 nitrogen and oxygen atoms in total. The Balaban J connectivity index is 1.77. The van der Waals surface area contributed by atoms with Crippen LogP contribution in [0.25, 0.3) is 0 Å². The number of aromatic nitrogens is 1. The van der Waals surface area contributed by atoms with Crippen molar-refractivity contribution in [1.29, 1.82) is 0 Å². The Morgan fingerprint density at radius 1 is 1.15 bits per heavy atom. The van der Waals surface area contributed by atoms with Gasteiger partial charge in [0, 0.05) is 38.1 Å². The van der Waals surface area contributed by atoms with Crippen LogP contribution in [0.3, 0.4) is 0 Å². The summed E-state index contributed by atoms with van der Waals surface area (Å²) in [5, 5.41) is 2.65. The van der Waals surface area contributed by atoms with Crippen molar-refractivity contribution in [2.24, 2.45) is 0 Å². The Labute approximate surface area is 156 Å². The van der Waals surface area contributed by atoms with Crippen LogP contribution in [0.2, 0.25) is 0 Å². The van der Waals surface area contributed by atoms with Crippen molar-refractivity contribution in [2.75, 3.05) is 32.6 Å². The van der Waals surface area contributed by atoms with Gasteiger partial charge in [-0.25, -0.2) is 12.7 Å². The first-order valence-electron chi connectivity index (χ1n) is 8.10. The number of carbonyl (C=O) groups is 1. The van der Waals surface area contributed by atoms with E-state index in [0.29, 0.717) is 30.4 Å². The van der Waals surface area contributed by atoms with E-state index in [9.17, 15) is 18.0 Å². The lowest BCUT2D eigenvalue weighted by molar-refractivity contribution is -0.116. The van der Waals surface area contributed by atoms with Gasteiger partial charge in [-0.15, -0.1) is 0 Å². The van der Waals surface area contributed by atoms with Gasteiger partial charge in [-0.05, 0) is 18.2 Å². The fourth-order valence-electron chi connectivity index (χ4n) is 2.47. The minimum Gasteiger partial charge on any atom is -0.486 e. The first-order valence-corrected chi connectivity index (χ1v) is 9.54. The van der Waals surface area contributed by atoms with E-state index in [1.165, 1.54) is 20.2 Å². The molecule has 10 heteroatoms. The highest BCUT2D eigenvalue weighted by molar-refractivity contribution is 7.89. The van der Waals surface area contributed by atoms with Crippen molar-refractivity contribution in [3.63, 3.8) is 0 Å². The Morgan fingerprint density at radius 3 is 2.56 bits per heavy atom. The van der Waals surface area contributed by atoms with E-state index in [-0.39, 0.29) is 11.4 Å². The Morgan fingerprint density at radius 2 is 1.85 bits per heavy atom. The predicted molar refractivity (Wildman–Crippen MR) is 97.6 cm³/mol. The number of hydrogen-bond acceptors (Lipinski definition) is 6. The summed E-state index contributed by atoms with van der Waals surface area (Å²) in [5.74, 6) is 0.639. The summed E-state index contributed by atoms with van der Waals surface area (Å²) in [4.78, 5) is 24.2. The third kappa shape index (κ3) is 4.12. The third-order valence-corrected chi connectivity index (χ3v) is 5.67. The average Bonchev–Trinajstić information content (AvgIpc) is 2.63. The van der Waals surface area contributed by atoms with Crippen LogP contribution < -0.4 is 20.3 Å². The number of hydrogen-bond donors (Lipinski definition) is 1. The number of rotatable bonds is 5. The molecule has 1 amide bonds. The van der Waals surface area contributed by atoms with Gasteiger partial charge in [-0.1, -0.05) is 0 Å². The van der Waals surface area contributed by atoms with E-state index >= 15 is 0 Å². The molecule has 27 heavy (non-hydrogen) atoms. The first kappa shape index (κ1) is 18.9. The minimum absolute atomic E-state index is 0.0702. The molecule has 0 saturated carbocycles. The maximum absolute atomic E-state index is 12.3. The van der Waals surface area contributed by atoms with Crippen LogP contribution in [-0.4, -0.2) is 50.5 Å². The average molecular weight is 393 g/mol. The lowest BCUT2D eigenvalue weighted by Gasteiger charge is -2.19. The van der Waals surface area contributed by atoms with E-state index in [0.717, 1.165) is 21.1 Å². The zero-order valence-corrected chi connectivity index (χ0v) is 15.7. The minimum atomic E-state index is -3.71. The second-order valence-corrected chi connectivity index (χ2v) is 8.18. The molecule has 1 aromatic carbocycles. The zero-order chi connectivity index (χ0) is 19.6. The van der Waals surface area contributed by atoms with Crippen LogP contribution in [-0.2, 0) is 21.4 Å². The number of anilines is 1. The van der Waals surface area contributed by atoms with Crippen molar-refractivity contribution in [1.82, 2.24) is 8.87 Å². The summed E-state index contributed by atoms with van der Waals surface area (Å²) in [6.07, 6.45) is 1.15. The molecule has 1 aliphatic heterocycles. The van der Waals surface area contributed by atoms with E-state index in [2.05, 4.69) is 5.32 Å². The molecule has 0 spiro atoms. The number of sulfonamides is 1. The Hall–Kier alpha value is -2.85. The smallest absolute Gasteiger partial charge is 0.251 e. The molecule has 3 rings (SSSR count). The van der Waals surface area contributed by atoms with E-state index in [1.807, 2.05) is 0 Å². The predicted octanol–water partition coefficient (Wildman–Crippen LogP) is 0.508. The molecule has 1 aromatic heterocycles. The fraction of sp³-hybridized carbons (Fsp3) is 0.294. The molecule has 0 fully saturated rings. The van der Waals surface area contributed by atoms with Crippen LogP contribution in [0.15, 0.2) is 46.2 Å². The molecule has 0 unspecified atom stereocenters. The van der Waals surface area contributed by atoms with Crippen LogP contribution >= 0.6 is 0 Å². The monoisotopic (exact) mass is 393 g/mol. The standard InChI is InChI=1S/C17H19N3O6S/c1-19(2)27(23,24)13-4-6-17(22)20(10-13)11-16(21)18-12-3-5-14-15(9-12)26-8-7-25-14/h3-6,9-10H,7-8,11H2,1-2H3,(H,18,21). The van der Waals surface area contributed by atoms with Gasteiger partial charge in [-0.3, -0.25) is 9.59 Å². The van der Waals surface area contributed by atoms with Gasteiger partial charge in [0.05, 0.1) is 4.90 Å². The number of nitrogens with one attached hydrogen (secondary N) is 1. The fourth-order valence-corrected chi connectivity index (χ4v) is 3.39. The van der Waals surface area contributed by atoms with Crippen molar-refractivity contribution in [3.05, 3.63) is 46.9 Å². The van der Waals surface area contributed by atoms with E-state index in [1.54, 1.807) is 18.2 Å². The molecule has 2 aromatic rings. The highest BCUT2D eigenvalue weighted by atomic mass is 32.2. The van der Waals surface area contributed by atoms with Crippen LogP contribution in [0.4, 0.5) is 5.69 Å². The van der Waals surface area contributed by atoms with Gasteiger partial charge in [0.25, 0.3) is 5.56 Å². The summed E-state index contributed by atoms with van der Waals surface area (Å²) in [6.45, 7) is 0.560. The van der Waals surface area contributed by atoms with Crippen LogP contribution in [0, 0.1) is 0 Å². The molecule has 144 valence electrons. The summed E-state index contributed by atoms with van der Waals surface area (Å²) < 4.78 is 37.3. The summed E-state index contributed by atoms with van der Waals surface area (Å²) in [7, 11) is -0.933. The van der Waals surface area contributed by atoms with Crippen molar-refractivity contribution >= 4 is 21.6 Å². The van der Waals surface area contributed by atoms with Gasteiger partial charge in [0.15, 0.2) is 11.5 Å². The molecule has 0 saturated heterocycles. The normalized spacial score (nSPS) is 13.4. The Kier molecular flexibility index (Phi) is 5.19. The molecular weight excluding hydrogens is 374 g/mol. The number of nitrogens with zero attached hydrogens (tertiary/aromatic N) is 2. The molecular formula is C17H19N3O6S. The molecule has 1 N–H and O–H groups in total. The maximum Gasteiger partial charge on any atom is 0.251 e. The van der Waals surface area contributed by atoms with Crippen molar-refractivity contribution < 1.29 is 22.7 Å². The topological polar surface area (TPSA) is 107 Å². The number of ether oxygens (including phenoxy) is 2. The second kappa shape index (κ2) is 7.41. The number of benzene rings is 1.